The van der Waals surface area contributed by atoms with Gasteiger partial charge in [0.2, 0.25) is 0 Å². The lowest BCUT2D eigenvalue weighted by Crippen LogP contribution is -2.38. The van der Waals surface area contributed by atoms with E-state index >= 15 is 0 Å². The number of hydrogen-bond donors (Lipinski definition) is 1. The van der Waals surface area contributed by atoms with Crippen molar-refractivity contribution in [2.45, 2.75) is 18.2 Å². The summed E-state index contributed by atoms with van der Waals surface area (Å²) in [6, 6.07) is 7.76. The normalized spacial score (nSPS) is 18.4. The highest BCUT2D eigenvalue weighted by atomic mass is 32.2. The minimum atomic E-state index is -3.22. The summed E-state index contributed by atoms with van der Waals surface area (Å²) >= 11 is 1.38. The number of hydrogen-bond acceptors (Lipinski definition) is 5. The minimum Gasteiger partial charge on any atom is -0.337 e. The SMILES string of the molecule is CN(C(=O)c1sc2ccccc2c1CS(C)(=O)=O)[C@H]1CCNC1. The van der Waals surface area contributed by atoms with Gasteiger partial charge in [-0.1, -0.05) is 18.2 Å². The Kier molecular flexibility index (Phi) is 4.44. The molecule has 0 radical (unpaired) electrons. The molecule has 1 amide bonds. The average molecular weight is 352 g/mol. The van der Waals surface area contributed by atoms with Crippen LogP contribution in [0.5, 0.6) is 0 Å². The summed E-state index contributed by atoms with van der Waals surface area (Å²) in [5.41, 5.74) is 0.635. The van der Waals surface area contributed by atoms with Crippen molar-refractivity contribution in [1.82, 2.24) is 10.2 Å². The molecule has 0 aliphatic carbocycles. The van der Waals surface area contributed by atoms with Crippen molar-refractivity contribution in [3.8, 4) is 0 Å². The Morgan fingerprint density at radius 2 is 2.13 bits per heavy atom. The van der Waals surface area contributed by atoms with Gasteiger partial charge in [-0.05, 0) is 30.0 Å². The molecule has 0 unspecified atom stereocenters. The predicted molar refractivity (Wildman–Crippen MR) is 93.7 cm³/mol. The zero-order chi connectivity index (χ0) is 16.6. The molecule has 0 spiro atoms. The summed E-state index contributed by atoms with van der Waals surface area (Å²) in [5, 5.41) is 4.12. The second-order valence-electron chi connectivity index (χ2n) is 6.04. The third kappa shape index (κ3) is 3.41. The number of likely N-dealkylation sites (N-methyl/N-ethyl adjacent to an activating group) is 1. The topological polar surface area (TPSA) is 66.5 Å². The maximum Gasteiger partial charge on any atom is 0.264 e. The van der Waals surface area contributed by atoms with E-state index in [1.165, 1.54) is 17.6 Å². The maximum absolute atomic E-state index is 12.9. The Labute approximate surface area is 140 Å². The summed E-state index contributed by atoms with van der Waals surface area (Å²) in [6.45, 7) is 1.69. The highest BCUT2D eigenvalue weighted by Gasteiger charge is 2.28. The van der Waals surface area contributed by atoms with Crippen LogP contribution in [-0.2, 0) is 15.6 Å². The first-order valence-electron chi connectivity index (χ1n) is 7.53. The first-order valence-corrected chi connectivity index (χ1v) is 10.4. The second kappa shape index (κ2) is 6.22. The van der Waals surface area contributed by atoms with Gasteiger partial charge in [-0.15, -0.1) is 11.3 Å². The van der Waals surface area contributed by atoms with Crippen LogP contribution in [0.25, 0.3) is 10.1 Å². The maximum atomic E-state index is 12.9. The van der Waals surface area contributed by atoms with Crippen LogP contribution in [0.2, 0.25) is 0 Å². The lowest BCUT2D eigenvalue weighted by molar-refractivity contribution is 0.0748. The fourth-order valence-electron chi connectivity index (χ4n) is 2.97. The second-order valence-corrected chi connectivity index (χ2v) is 9.23. The number of carbonyl (C=O) groups is 1. The van der Waals surface area contributed by atoms with E-state index in [2.05, 4.69) is 5.32 Å². The molecular weight excluding hydrogens is 332 g/mol. The predicted octanol–water partition coefficient (Wildman–Crippen LogP) is 1.88. The number of carbonyl (C=O) groups excluding carboxylic acids is 1. The Bertz CT molecular complexity index is 836. The van der Waals surface area contributed by atoms with E-state index in [0.717, 1.165) is 29.6 Å². The van der Waals surface area contributed by atoms with Gasteiger partial charge in [0.15, 0.2) is 9.84 Å². The Hall–Kier alpha value is -1.44. The van der Waals surface area contributed by atoms with Crippen molar-refractivity contribution in [1.29, 1.82) is 0 Å². The molecule has 1 aromatic heterocycles. The molecule has 2 aromatic rings. The number of amides is 1. The van der Waals surface area contributed by atoms with Crippen LogP contribution < -0.4 is 5.32 Å². The molecule has 0 saturated carbocycles. The lowest BCUT2D eigenvalue weighted by atomic mass is 10.1. The number of benzene rings is 1. The molecule has 124 valence electrons. The minimum absolute atomic E-state index is 0.0847. The van der Waals surface area contributed by atoms with Crippen molar-refractivity contribution >= 4 is 37.2 Å². The van der Waals surface area contributed by atoms with E-state index in [9.17, 15) is 13.2 Å². The lowest BCUT2D eigenvalue weighted by Gasteiger charge is -2.23. The van der Waals surface area contributed by atoms with Gasteiger partial charge in [-0.2, -0.15) is 0 Å². The van der Waals surface area contributed by atoms with Crippen LogP contribution in [0.3, 0.4) is 0 Å². The van der Waals surface area contributed by atoms with Gasteiger partial charge in [-0.25, -0.2) is 8.42 Å². The Morgan fingerprint density at radius 1 is 1.39 bits per heavy atom. The largest absolute Gasteiger partial charge is 0.337 e. The number of rotatable bonds is 4. The van der Waals surface area contributed by atoms with Crippen LogP contribution >= 0.6 is 11.3 Å². The van der Waals surface area contributed by atoms with Crippen LogP contribution in [-0.4, -0.2) is 51.7 Å². The first kappa shape index (κ1) is 16.4. The molecule has 1 atom stereocenters. The molecule has 1 saturated heterocycles. The van der Waals surface area contributed by atoms with Gasteiger partial charge in [0, 0.05) is 30.6 Å². The summed E-state index contributed by atoms with van der Waals surface area (Å²) in [4.78, 5) is 15.2. The molecular formula is C16H20N2O3S2. The summed E-state index contributed by atoms with van der Waals surface area (Å²) in [5.74, 6) is -0.187. The van der Waals surface area contributed by atoms with Crippen LogP contribution in [0.15, 0.2) is 24.3 Å². The van der Waals surface area contributed by atoms with E-state index in [4.69, 9.17) is 0 Å². The molecule has 1 N–H and O–H groups in total. The Balaban J connectivity index is 2.05. The number of nitrogens with zero attached hydrogens (tertiary/aromatic N) is 1. The van der Waals surface area contributed by atoms with Crippen molar-refractivity contribution in [2.75, 3.05) is 26.4 Å². The van der Waals surface area contributed by atoms with E-state index in [0.29, 0.717) is 10.4 Å². The Morgan fingerprint density at radius 3 is 2.78 bits per heavy atom. The fourth-order valence-corrected chi connectivity index (χ4v) is 5.09. The number of fused-ring (bicyclic) bond motifs is 1. The number of thiophene rings is 1. The van der Waals surface area contributed by atoms with Crippen molar-refractivity contribution in [3.05, 3.63) is 34.7 Å². The molecule has 2 heterocycles. The van der Waals surface area contributed by atoms with E-state index in [1.54, 1.807) is 11.9 Å². The van der Waals surface area contributed by atoms with E-state index in [-0.39, 0.29) is 17.7 Å². The smallest absolute Gasteiger partial charge is 0.264 e. The summed E-state index contributed by atoms with van der Waals surface area (Å²) in [7, 11) is -1.42. The fraction of sp³-hybridized carbons (Fsp3) is 0.438. The van der Waals surface area contributed by atoms with Gasteiger partial charge in [-0.3, -0.25) is 4.79 Å². The molecule has 1 aromatic carbocycles. The quantitative estimate of drug-likeness (QED) is 0.912. The van der Waals surface area contributed by atoms with Crippen molar-refractivity contribution in [2.24, 2.45) is 0 Å². The van der Waals surface area contributed by atoms with Crippen LogP contribution in [0.1, 0.15) is 21.7 Å². The number of sulfone groups is 1. The van der Waals surface area contributed by atoms with Gasteiger partial charge < -0.3 is 10.2 Å². The number of nitrogens with one attached hydrogen (secondary N) is 1. The first-order chi connectivity index (χ1) is 10.9. The standard InChI is InChI=1S/C16H20N2O3S2/c1-18(11-7-8-17-9-11)16(19)15-13(10-23(2,20)21)12-5-3-4-6-14(12)22-15/h3-6,11,17H,7-10H2,1-2H3/t11-/m0/s1. The molecule has 1 aliphatic heterocycles. The molecule has 1 fully saturated rings. The monoisotopic (exact) mass is 352 g/mol. The third-order valence-electron chi connectivity index (χ3n) is 4.20. The van der Waals surface area contributed by atoms with Crippen molar-refractivity contribution < 1.29 is 13.2 Å². The third-order valence-corrected chi connectivity index (χ3v) is 6.22. The average Bonchev–Trinajstić information content (AvgIpc) is 3.13. The van der Waals surface area contributed by atoms with Gasteiger partial charge in [0.25, 0.3) is 5.91 Å². The highest BCUT2D eigenvalue weighted by molar-refractivity contribution is 7.89. The molecule has 23 heavy (non-hydrogen) atoms. The molecule has 3 rings (SSSR count). The molecule has 0 bridgehead atoms. The van der Waals surface area contributed by atoms with E-state index < -0.39 is 9.84 Å². The highest BCUT2D eigenvalue weighted by Crippen LogP contribution is 2.33. The molecule has 5 nitrogen and oxygen atoms in total. The molecule has 7 heteroatoms. The van der Waals surface area contributed by atoms with Crippen LogP contribution in [0, 0.1) is 0 Å². The van der Waals surface area contributed by atoms with Gasteiger partial charge in [0.05, 0.1) is 10.6 Å². The summed E-state index contributed by atoms with van der Waals surface area (Å²) < 4.78 is 24.6. The molecule has 1 aliphatic rings. The zero-order valence-corrected chi connectivity index (χ0v) is 14.8. The van der Waals surface area contributed by atoms with E-state index in [1.807, 2.05) is 24.3 Å². The zero-order valence-electron chi connectivity index (χ0n) is 13.2. The van der Waals surface area contributed by atoms with Crippen LogP contribution in [0.4, 0.5) is 0 Å². The summed E-state index contributed by atoms with van der Waals surface area (Å²) in [6.07, 6.45) is 2.13. The van der Waals surface area contributed by atoms with Gasteiger partial charge in [0.1, 0.15) is 0 Å². The van der Waals surface area contributed by atoms with Crippen molar-refractivity contribution in [3.63, 3.8) is 0 Å². The van der Waals surface area contributed by atoms with Gasteiger partial charge >= 0.3 is 0 Å².